The molecule has 0 saturated carbocycles. The van der Waals surface area contributed by atoms with Crippen LogP contribution in [0.1, 0.15) is 12.8 Å². The second-order valence-corrected chi connectivity index (χ2v) is 6.84. The van der Waals surface area contributed by atoms with E-state index in [9.17, 15) is 5.11 Å². The second kappa shape index (κ2) is 6.97. The van der Waals surface area contributed by atoms with Gasteiger partial charge >= 0.3 is 0 Å². The van der Waals surface area contributed by atoms with Crippen LogP contribution in [0.5, 0.6) is 0 Å². The number of H-pyrrole nitrogens is 1. The standard InChI is InChI=1S/C20H20N6O2/c27-12-14-7-4-9-26(14)19-18-15(8-10-28-18)21-20(23-19)22-17-11-16(24-25-17)13-5-2-1-3-6-13/h1-3,5-6,8,10-11,14,27H,4,7,9,12H2,(H2,21,22,23,24,25)/t14-/m0/s1. The molecule has 142 valence electrons. The van der Waals surface area contributed by atoms with E-state index in [0.29, 0.717) is 23.2 Å². The lowest BCUT2D eigenvalue weighted by Gasteiger charge is -2.24. The molecule has 0 bridgehead atoms. The molecule has 3 aromatic heterocycles. The van der Waals surface area contributed by atoms with Gasteiger partial charge in [-0.1, -0.05) is 30.3 Å². The lowest BCUT2D eigenvalue weighted by Crippen LogP contribution is -2.33. The highest BCUT2D eigenvalue weighted by Gasteiger charge is 2.28. The molecule has 8 heteroatoms. The predicted octanol–water partition coefficient (Wildman–Crippen LogP) is 3.32. The third-order valence-electron chi connectivity index (χ3n) is 5.05. The maximum atomic E-state index is 9.69. The minimum atomic E-state index is 0.0473. The number of rotatable bonds is 5. The van der Waals surface area contributed by atoms with E-state index >= 15 is 0 Å². The fraction of sp³-hybridized carbons (Fsp3) is 0.250. The summed E-state index contributed by atoms with van der Waals surface area (Å²) < 4.78 is 5.62. The molecule has 4 heterocycles. The predicted molar refractivity (Wildman–Crippen MR) is 107 cm³/mol. The number of benzene rings is 1. The number of hydrogen-bond acceptors (Lipinski definition) is 7. The summed E-state index contributed by atoms with van der Waals surface area (Å²) in [5, 5.41) is 20.2. The summed E-state index contributed by atoms with van der Waals surface area (Å²) in [6.07, 6.45) is 3.56. The average molecular weight is 376 g/mol. The quantitative estimate of drug-likeness (QED) is 0.491. The van der Waals surface area contributed by atoms with Gasteiger partial charge in [0.25, 0.3) is 0 Å². The van der Waals surface area contributed by atoms with Crippen LogP contribution in [0, 0.1) is 0 Å². The van der Waals surface area contributed by atoms with Crippen LogP contribution in [0.2, 0.25) is 0 Å². The molecule has 1 fully saturated rings. The second-order valence-electron chi connectivity index (χ2n) is 6.84. The fourth-order valence-electron chi connectivity index (χ4n) is 3.67. The normalized spacial score (nSPS) is 16.8. The van der Waals surface area contributed by atoms with Gasteiger partial charge in [0, 0.05) is 18.7 Å². The highest BCUT2D eigenvalue weighted by atomic mass is 16.3. The molecular weight excluding hydrogens is 356 g/mol. The zero-order valence-corrected chi connectivity index (χ0v) is 15.2. The molecule has 8 nitrogen and oxygen atoms in total. The first-order valence-electron chi connectivity index (χ1n) is 9.32. The molecule has 0 amide bonds. The Morgan fingerprint density at radius 2 is 2.11 bits per heavy atom. The zero-order valence-electron chi connectivity index (χ0n) is 15.2. The number of aromatic nitrogens is 4. The van der Waals surface area contributed by atoms with Crippen LogP contribution in [-0.2, 0) is 0 Å². The van der Waals surface area contributed by atoms with Crippen LogP contribution in [0.3, 0.4) is 0 Å². The van der Waals surface area contributed by atoms with Crippen molar-refractivity contribution in [1.82, 2.24) is 20.2 Å². The van der Waals surface area contributed by atoms with Crippen LogP contribution in [0.25, 0.3) is 22.4 Å². The van der Waals surface area contributed by atoms with E-state index in [1.165, 1.54) is 0 Å². The molecule has 1 aromatic carbocycles. The fourth-order valence-corrected chi connectivity index (χ4v) is 3.67. The van der Waals surface area contributed by atoms with E-state index < -0.39 is 0 Å². The SMILES string of the molecule is OC[C@@H]1CCCN1c1nc(Nc2cc(-c3ccccc3)[nH]n2)nc2ccoc12. The van der Waals surface area contributed by atoms with Gasteiger partial charge in [-0.05, 0) is 18.4 Å². The molecule has 1 aliphatic rings. The Kier molecular flexibility index (Phi) is 4.17. The number of furan rings is 1. The Hall–Kier alpha value is -3.39. The molecule has 0 unspecified atom stereocenters. The molecule has 4 aromatic rings. The van der Waals surface area contributed by atoms with E-state index in [1.54, 1.807) is 6.26 Å². The highest BCUT2D eigenvalue weighted by molar-refractivity contribution is 5.86. The van der Waals surface area contributed by atoms with Gasteiger partial charge in [-0.15, -0.1) is 0 Å². The molecule has 3 N–H and O–H groups in total. The average Bonchev–Trinajstić information content (AvgIpc) is 3.48. The Bertz CT molecular complexity index is 1090. The van der Waals surface area contributed by atoms with Crippen molar-refractivity contribution in [2.75, 3.05) is 23.4 Å². The maximum Gasteiger partial charge on any atom is 0.231 e. The van der Waals surface area contributed by atoms with Crippen molar-refractivity contribution >= 4 is 28.7 Å². The van der Waals surface area contributed by atoms with Gasteiger partial charge in [-0.3, -0.25) is 5.10 Å². The first kappa shape index (κ1) is 16.8. The van der Waals surface area contributed by atoms with Gasteiger partial charge in [0.2, 0.25) is 5.95 Å². The molecular formula is C20H20N6O2. The summed E-state index contributed by atoms with van der Waals surface area (Å²) >= 11 is 0. The third-order valence-corrected chi connectivity index (χ3v) is 5.05. The minimum absolute atomic E-state index is 0.0473. The number of nitrogens with one attached hydrogen (secondary N) is 2. The van der Waals surface area contributed by atoms with Gasteiger partial charge in [0.1, 0.15) is 5.52 Å². The molecule has 1 aliphatic heterocycles. The Balaban J connectivity index is 1.48. The summed E-state index contributed by atoms with van der Waals surface area (Å²) in [6, 6.07) is 13.8. The van der Waals surface area contributed by atoms with E-state index in [4.69, 9.17) is 4.42 Å². The zero-order chi connectivity index (χ0) is 18.9. The minimum Gasteiger partial charge on any atom is -0.459 e. The molecule has 0 radical (unpaired) electrons. The first-order valence-corrected chi connectivity index (χ1v) is 9.32. The summed E-state index contributed by atoms with van der Waals surface area (Å²) in [7, 11) is 0. The van der Waals surface area contributed by atoms with Crippen molar-refractivity contribution < 1.29 is 9.52 Å². The number of nitrogens with zero attached hydrogens (tertiary/aromatic N) is 4. The maximum absolute atomic E-state index is 9.69. The molecule has 1 saturated heterocycles. The van der Waals surface area contributed by atoms with Crippen molar-refractivity contribution in [2.45, 2.75) is 18.9 Å². The first-order chi connectivity index (χ1) is 13.8. The highest BCUT2D eigenvalue weighted by Crippen LogP contribution is 2.32. The van der Waals surface area contributed by atoms with Crippen LogP contribution < -0.4 is 10.2 Å². The molecule has 0 aliphatic carbocycles. The summed E-state index contributed by atoms with van der Waals surface area (Å²) in [5.41, 5.74) is 3.32. The number of fused-ring (bicyclic) bond motifs is 1. The van der Waals surface area contributed by atoms with E-state index in [0.717, 1.165) is 36.2 Å². The van der Waals surface area contributed by atoms with Crippen LogP contribution in [-0.4, -0.2) is 44.5 Å². The summed E-state index contributed by atoms with van der Waals surface area (Å²) in [5.74, 6) is 1.78. The van der Waals surface area contributed by atoms with Gasteiger partial charge in [-0.25, -0.2) is 4.98 Å². The van der Waals surface area contributed by atoms with Gasteiger partial charge in [0.05, 0.1) is 24.6 Å². The van der Waals surface area contributed by atoms with Crippen molar-refractivity contribution in [3.63, 3.8) is 0 Å². The summed E-state index contributed by atoms with van der Waals surface area (Å²) in [6.45, 7) is 0.923. The Morgan fingerprint density at radius 1 is 1.21 bits per heavy atom. The number of aliphatic hydroxyl groups is 1. The van der Waals surface area contributed by atoms with Crippen molar-refractivity contribution in [1.29, 1.82) is 0 Å². The summed E-state index contributed by atoms with van der Waals surface area (Å²) in [4.78, 5) is 11.3. The number of hydrogen-bond donors (Lipinski definition) is 3. The van der Waals surface area contributed by atoms with Crippen LogP contribution >= 0.6 is 0 Å². The van der Waals surface area contributed by atoms with Crippen molar-refractivity contribution in [3.8, 4) is 11.3 Å². The van der Waals surface area contributed by atoms with Crippen LogP contribution in [0.4, 0.5) is 17.6 Å². The smallest absolute Gasteiger partial charge is 0.231 e. The topological polar surface area (TPSA) is 103 Å². The van der Waals surface area contributed by atoms with E-state index in [-0.39, 0.29) is 12.6 Å². The number of aliphatic hydroxyl groups excluding tert-OH is 1. The molecule has 1 atom stereocenters. The van der Waals surface area contributed by atoms with Gasteiger partial charge in [-0.2, -0.15) is 10.1 Å². The largest absolute Gasteiger partial charge is 0.459 e. The van der Waals surface area contributed by atoms with Gasteiger partial charge in [0.15, 0.2) is 17.2 Å². The molecule has 28 heavy (non-hydrogen) atoms. The van der Waals surface area contributed by atoms with Crippen LogP contribution in [0.15, 0.2) is 53.1 Å². The van der Waals surface area contributed by atoms with Gasteiger partial charge < -0.3 is 19.7 Å². The Morgan fingerprint density at radius 3 is 2.96 bits per heavy atom. The number of aromatic amines is 1. The van der Waals surface area contributed by atoms with E-state index in [2.05, 4.69) is 30.4 Å². The number of anilines is 3. The molecule has 5 rings (SSSR count). The lowest BCUT2D eigenvalue weighted by molar-refractivity contribution is 0.266. The third kappa shape index (κ3) is 2.97. The van der Waals surface area contributed by atoms with E-state index in [1.807, 2.05) is 42.5 Å². The van der Waals surface area contributed by atoms with Crippen molar-refractivity contribution in [2.24, 2.45) is 0 Å². The lowest BCUT2D eigenvalue weighted by atomic mass is 10.2. The Labute approximate surface area is 161 Å². The molecule has 0 spiro atoms. The monoisotopic (exact) mass is 376 g/mol. The van der Waals surface area contributed by atoms with Crippen molar-refractivity contribution in [3.05, 3.63) is 48.7 Å².